The average Bonchev–Trinajstić information content (AvgIpc) is 2.83. The molecule has 1 heterocycles. The van der Waals surface area contributed by atoms with Crippen LogP contribution in [0, 0.1) is 5.92 Å². The fourth-order valence-corrected chi connectivity index (χ4v) is 3.53. The Balaban J connectivity index is 1.84. The minimum Gasteiger partial charge on any atom is -0.299 e. The smallest absolute Gasteiger partial charge is 0.0410 e. The number of thiophene rings is 1. The highest BCUT2D eigenvalue weighted by Gasteiger charge is 2.19. The molecule has 1 aliphatic carbocycles. The summed E-state index contributed by atoms with van der Waals surface area (Å²) >= 11 is 1.88. The third kappa shape index (κ3) is 3.08. The minimum absolute atomic E-state index is 0.585. The molecular weight excluding hydrogens is 214 g/mol. The van der Waals surface area contributed by atoms with Gasteiger partial charge in [-0.25, -0.2) is 0 Å². The van der Waals surface area contributed by atoms with E-state index in [9.17, 15) is 0 Å². The minimum atomic E-state index is 0.585. The monoisotopic (exact) mass is 237 g/mol. The van der Waals surface area contributed by atoms with E-state index in [0.29, 0.717) is 6.04 Å². The van der Waals surface area contributed by atoms with E-state index in [-0.39, 0.29) is 0 Å². The first-order valence-electron chi connectivity index (χ1n) is 6.51. The lowest BCUT2D eigenvalue weighted by atomic mass is 9.89. The van der Waals surface area contributed by atoms with E-state index in [1.807, 2.05) is 11.3 Å². The van der Waals surface area contributed by atoms with Crippen LogP contribution in [0.15, 0.2) is 17.5 Å². The quantitative estimate of drug-likeness (QED) is 0.754. The van der Waals surface area contributed by atoms with Crippen molar-refractivity contribution in [1.82, 2.24) is 4.90 Å². The molecule has 0 aliphatic heterocycles. The maximum absolute atomic E-state index is 2.53. The number of rotatable bonds is 4. The van der Waals surface area contributed by atoms with Crippen LogP contribution in [0.5, 0.6) is 0 Å². The molecule has 2 rings (SSSR count). The SMILES string of the molecule is CC(c1cccs1)N(C)CC1CCCCC1. The molecule has 1 unspecified atom stereocenters. The topological polar surface area (TPSA) is 3.24 Å². The molecule has 0 radical (unpaired) electrons. The van der Waals surface area contributed by atoms with Crippen molar-refractivity contribution in [3.8, 4) is 0 Å². The molecule has 16 heavy (non-hydrogen) atoms. The van der Waals surface area contributed by atoms with E-state index in [0.717, 1.165) is 5.92 Å². The molecule has 0 bridgehead atoms. The molecule has 1 nitrogen and oxygen atoms in total. The van der Waals surface area contributed by atoms with Crippen LogP contribution >= 0.6 is 11.3 Å². The molecule has 0 spiro atoms. The Morgan fingerprint density at radius 1 is 1.38 bits per heavy atom. The largest absolute Gasteiger partial charge is 0.299 e. The highest BCUT2D eigenvalue weighted by Crippen LogP contribution is 2.28. The maximum Gasteiger partial charge on any atom is 0.0410 e. The Kier molecular flexibility index (Phi) is 4.42. The second-order valence-electron chi connectivity index (χ2n) is 5.14. The molecular formula is C14H23NS. The zero-order valence-electron chi connectivity index (χ0n) is 10.5. The molecule has 2 heteroatoms. The number of nitrogens with zero attached hydrogens (tertiary/aromatic N) is 1. The van der Waals surface area contributed by atoms with E-state index in [4.69, 9.17) is 0 Å². The Hall–Kier alpha value is -0.340. The molecule has 1 aliphatic rings. The van der Waals surface area contributed by atoms with Crippen LogP contribution in [0.1, 0.15) is 49.9 Å². The number of hydrogen-bond acceptors (Lipinski definition) is 2. The Morgan fingerprint density at radius 2 is 2.12 bits per heavy atom. The fourth-order valence-electron chi connectivity index (χ4n) is 2.68. The van der Waals surface area contributed by atoms with Crippen molar-refractivity contribution in [3.05, 3.63) is 22.4 Å². The van der Waals surface area contributed by atoms with Crippen LogP contribution < -0.4 is 0 Å². The summed E-state index contributed by atoms with van der Waals surface area (Å²) in [5.41, 5.74) is 0. The summed E-state index contributed by atoms with van der Waals surface area (Å²) in [6.45, 7) is 3.60. The Morgan fingerprint density at radius 3 is 2.75 bits per heavy atom. The van der Waals surface area contributed by atoms with E-state index in [2.05, 4.69) is 36.4 Å². The third-order valence-corrected chi connectivity index (χ3v) is 4.93. The van der Waals surface area contributed by atoms with Gasteiger partial charge in [-0.15, -0.1) is 11.3 Å². The predicted octanol–water partition coefficient (Wildman–Crippen LogP) is 4.32. The van der Waals surface area contributed by atoms with Gasteiger partial charge < -0.3 is 0 Å². The summed E-state index contributed by atoms with van der Waals surface area (Å²) in [5, 5.41) is 2.18. The summed E-state index contributed by atoms with van der Waals surface area (Å²) in [7, 11) is 2.28. The summed E-state index contributed by atoms with van der Waals surface area (Å²) in [4.78, 5) is 4.03. The highest BCUT2D eigenvalue weighted by atomic mass is 32.1. The maximum atomic E-state index is 2.53. The molecule has 90 valence electrons. The molecule has 1 atom stereocenters. The van der Waals surface area contributed by atoms with Crippen molar-refractivity contribution >= 4 is 11.3 Å². The van der Waals surface area contributed by atoms with Gasteiger partial charge in [-0.05, 0) is 44.2 Å². The first-order chi connectivity index (χ1) is 7.77. The molecule has 1 fully saturated rings. The first-order valence-corrected chi connectivity index (χ1v) is 7.39. The first kappa shape index (κ1) is 12.1. The summed E-state index contributed by atoms with van der Waals surface area (Å²) in [5.74, 6) is 0.946. The van der Waals surface area contributed by atoms with Crippen molar-refractivity contribution in [1.29, 1.82) is 0 Å². The van der Waals surface area contributed by atoms with E-state index in [1.165, 1.54) is 43.5 Å². The summed E-state index contributed by atoms with van der Waals surface area (Å²) in [6.07, 6.45) is 7.25. The van der Waals surface area contributed by atoms with Crippen molar-refractivity contribution < 1.29 is 0 Å². The molecule has 1 aromatic heterocycles. The van der Waals surface area contributed by atoms with Gasteiger partial charge in [0.1, 0.15) is 0 Å². The van der Waals surface area contributed by atoms with Gasteiger partial charge in [0.05, 0.1) is 0 Å². The van der Waals surface area contributed by atoms with Crippen molar-refractivity contribution in [2.75, 3.05) is 13.6 Å². The lowest BCUT2D eigenvalue weighted by Crippen LogP contribution is -2.29. The summed E-state index contributed by atoms with van der Waals surface area (Å²) in [6, 6.07) is 5.00. The van der Waals surface area contributed by atoms with Crippen LogP contribution in [0.2, 0.25) is 0 Å². The zero-order valence-corrected chi connectivity index (χ0v) is 11.3. The van der Waals surface area contributed by atoms with Gasteiger partial charge in [-0.1, -0.05) is 25.3 Å². The van der Waals surface area contributed by atoms with Gasteiger partial charge >= 0.3 is 0 Å². The predicted molar refractivity (Wildman–Crippen MR) is 71.9 cm³/mol. The van der Waals surface area contributed by atoms with Crippen LogP contribution in [-0.2, 0) is 0 Å². The van der Waals surface area contributed by atoms with E-state index >= 15 is 0 Å². The molecule has 0 N–H and O–H groups in total. The standard InChI is InChI=1S/C14H23NS/c1-12(14-9-6-10-16-14)15(2)11-13-7-4-3-5-8-13/h6,9-10,12-13H,3-5,7-8,11H2,1-2H3. The lowest BCUT2D eigenvalue weighted by Gasteiger charge is -2.30. The van der Waals surface area contributed by atoms with E-state index < -0.39 is 0 Å². The van der Waals surface area contributed by atoms with Crippen molar-refractivity contribution in [3.63, 3.8) is 0 Å². The van der Waals surface area contributed by atoms with Gasteiger partial charge in [0.15, 0.2) is 0 Å². The average molecular weight is 237 g/mol. The Bertz CT molecular complexity index is 288. The third-order valence-electron chi connectivity index (χ3n) is 3.89. The van der Waals surface area contributed by atoms with Crippen LogP contribution in [0.3, 0.4) is 0 Å². The molecule has 0 saturated heterocycles. The Labute approximate surface area is 103 Å². The van der Waals surface area contributed by atoms with Gasteiger partial charge in [-0.2, -0.15) is 0 Å². The normalized spacial score (nSPS) is 20.2. The number of hydrogen-bond donors (Lipinski definition) is 0. The molecule has 1 saturated carbocycles. The van der Waals surface area contributed by atoms with Gasteiger partial charge in [0, 0.05) is 17.5 Å². The van der Waals surface area contributed by atoms with Gasteiger partial charge in [-0.3, -0.25) is 4.90 Å². The second kappa shape index (κ2) is 5.83. The second-order valence-corrected chi connectivity index (χ2v) is 6.11. The van der Waals surface area contributed by atoms with E-state index in [1.54, 1.807) is 0 Å². The van der Waals surface area contributed by atoms with Crippen molar-refractivity contribution in [2.45, 2.75) is 45.1 Å². The van der Waals surface area contributed by atoms with Crippen LogP contribution in [0.4, 0.5) is 0 Å². The molecule has 0 amide bonds. The van der Waals surface area contributed by atoms with Crippen molar-refractivity contribution in [2.24, 2.45) is 5.92 Å². The lowest BCUT2D eigenvalue weighted by molar-refractivity contribution is 0.194. The van der Waals surface area contributed by atoms with Crippen LogP contribution in [0.25, 0.3) is 0 Å². The van der Waals surface area contributed by atoms with Crippen LogP contribution in [-0.4, -0.2) is 18.5 Å². The molecule has 0 aromatic carbocycles. The zero-order chi connectivity index (χ0) is 11.4. The molecule has 1 aromatic rings. The fraction of sp³-hybridized carbons (Fsp3) is 0.714. The highest BCUT2D eigenvalue weighted by molar-refractivity contribution is 7.10. The van der Waals surface area contributed by atoms with Gasteiger partial charge in [0.2, 0.25) is 0 Å². The van der Waals surface area contributed by atoms with Gasteiger partial charge in [0.25, 0.3) is 0 Å². The summed E-state index contributed by atoms with van der Waals surface area (Å²) < 4.78 is 0.